The molecule has 0 fully saturated rings. The van der Waals surface area contributed by atoms with Crippen LogP contribution in [0, 0.1) is 0 Å². The second-order valence-corrected chi connectivity index (χ2v) is 4.58. The van der Waals surface area contributed by atoms with Gasteiger partial charge in [-0.2, -0.15) is 13.2 Å². The van der Waals surface area contributed by atoms with Crippen molar-refractivity contribution in [2.24, 2.45) is 0 Å². The van der Waals surface area contributed by atoms with Crippen molar-refractivity contribution < 1.29 is 18.0 Å². The van der Waals surface area contributed by atoms with Crippen LogP contribution in [0.3, 0.4) is 0 Å². The Hall–Kier alpha value is -2.16. The Morgan fingerprint density at radius 2 is 2.15 bits per heavy atom. The summed E-state index contributed by atoms with van der Waals surface area (Å²) in [6, 6.07) is 6.12. The Morgan fingerprint density at radius 3 is 2.80 bits per heavy atom. The fourth-order valence-electron chi connectivity index (χ4n) is 1.39. The molecule has 20 heavy (non-hydrogen) atoms. The molecule has 0 aliphatic carbocycles. The molecule has 0 unspecified atom stereocenters. The van der Waals surface area contributed by atoms with E-state index in [2.05, 4.69) is 15.5 Å². The summed E-state index contributed by atoms with van der Waals surface area (Å²) in [5.41, 5.74) is 2.35. The largest absolute Gasteiger partial charge is 0.471 e. The van der Waals surface area contributed by atoms with Gasteiger partial charge in [0.1, 0.15) is 5.51 Å². The van der Waals surface area contributed by atoms with E-state index in [9.17, 15) is 18.0 Å². The van der Waals surface area contributed by atoms with Crippen molar-refractivity contribution in [3.05, 3.63) is 35.3 Å². The Morgan fingerprint density at radius 1 is 1.35 bits per heavy atom. The highest BCUT2D eigenvalue weighted by atomic mass is 32.1. The maximum absolute atomic E-state index is 12.1. The first-order chi connectivity index (χ1) is 9.45. The first-order valence-electron chi connectivity index (χ1n) is 5.42. The van der Waals surface area contributed by atoms with Gasteiger partial charge in [-0.3, -0.25) is 4.79 Å². The van der Waals surface area contributed by atoms with E-state index in [1.807, 2.05) is 0 Å². The Labute approximate surface area is 115 Å². The molecule has 9 heteroatoms. The molecule has 0 saturated carbocycles. The topological polar surface area (TPSA) is 66.9 Å². The average Bonchev–Trinajstić information content (AvgIpc) is 2.89. The zero-order chi connectivity index (χ0) is 14.6. The van der Waals surface area contributed by atoms with Gasteiger partial charge in [0.15, 0.2) is 0 Å². The van der Waals surface area contributed by atoms with Crippen LogP contribution in [0.15, 0.2) is 29.8 Å². The van der Waals surface area contributed by atoms with E-state index in [4.69, 9.17) is 0 Å². The number of carbonyl (C=O) groups excluding carboxylic acids is 1. The number of nitrogens with zero attached hydrogens (tertiary/aromatic N) is 2. The third-order valence-electron chi connectivity index (χ3n) is 2.25. The molecule has 106 valence electrons. The van der Waals surface area contributed by atoms with E-state index in [1.54, 1.807) is 23.0 Å². The lowest BCUT2D eigenvalue weighted by Crippen LogP contribution is -2.29. The van der Waals surface area contributed by atoms with Gasteiger partial charge in [-0.1, -0.05) is 23.5 Å². The van der Waals surface area contributed by atoms with Crippen molar-refractivity contribution in [1.82, 2.24) is 10.2 Å². The van der Waals surface area contributed by atoms with Crippen LogP contribution in [0.4, 0.5) is 24.0 Å². The van der Waals surface area contributed by atoms with Gasteiger partial charge in [0, 0.05) is 12.2 Å². The molecule has 1 heterocycles. The lowest BCUT2D eigenvalue weighted by atomic mass is 10.2. The first-order valence-corrected chi connectivity index (χ1v) is 6.30. The number of benzene rings is 1. The van der Waals surface area contributed by atoms with Crippen LogP contribution >= 0.6 is 11.3 Å². The number of aromatic nitrogens is 2. The van der Waals surface area contributed by atoms with Crippen molar-refractivity contribution >= 4 is 28.1 Å². The molecule has 0 aliphatic heterocycles. The lowest BCUT2D eigenvalue weighted by molar-refractivity contribution is -0.167. The van der Waals surface area contributed by atoms with E-state index in [-0.39, 0.29) is 5.69 Å². The molecular formula is C11H9F3N4OS. The molecule has 2 N–H and O–H groups in total. The van der Waals surface area contributed by atoms with Gasteiger partial charge in [0.25, 0.3) is 0 Å². The molecule has 2 aromatic rings. The van der Waals surface area contributed by atoms with Crippen molar-refractivity contribution in [3.8, 4) is 0 Å². The maximum Gasteiger partial charge on any atom is 0.471 e. The van der Waals surface area contributed by atoms with Gasteiger partial charge >= 0.3 is 12.1 Å². The summed E-state index contributed by atoms with van der Waals surface area (Å²) in [6.45, 7) is 0.366. The smallest absolute Gasteiger partial charge is 0.356 e. The quantitative estimate of drug-likeness (QED) is 0.911. The highest BCUT2D eigenvalue weighted by Crippen LogP contribution is 2.19. The van der Waals surface area contributed by atoms with Gasteiger partial charge in [0.05, 0.1) is 0 Å². The third-order valence-corrected chi connectivity index (χ3v) is 2.90. The average molecular weight is 302 g/mol. The van der Waals surface area contributed by atoms with Crippen molar-refractivity contribution in [3.63, 3.8) is 0 Å². The monoisotopic (exact) mass is 302 g/mol. The number of anilines is 2. The number of amides is 1. The molecule has 0 spiro atoms. The summed E-state index contributed by atoms with van der Waals surface area (Å²) in [5, 5.41) is 12.8. The first kappa shape index (κ1) is 14.3. The number of halogens is 3. The van der Waals surface area contributed by atoms with Gasteiger partial charge in [-0.15, -0.1) is 10.2 Å². The van der Waals surface area contributed by atoms with Gasteiger partial charge in [0.2, 0.25) is 5.13 Å². The maximum atomic E-state index is 12.1. The van der Waals surface area contributed by atoms with Crippen molar-refractivity contribution in [2.75, 3.05) is 10.6 Å². The molecule has 0 saturated heterocycles. The van der Waals surface area contributed by atoms with Crippen LogP contribution in [0.5, 0.6) is 0 Å². The van der Waals surface area contributed by atoms with Crippen LogP contribution in [0.2, 0.25) is 0 Å². The zero-order valence-corrected chi connectivity index (χ0v) is 10.8. The summed E-state index contributed by atoms with van der Waals surface area (Å²) in [7, 11) is 0. The SMILES string of the molecule is O=C(Nc1cccc(CNc2nncs2)c1)C(F)(F)F. The molecule has 1 aromatic heterocycles. The predicted molar refractivity (Wildman–Crippen MR) is 68.4 cm³/mol. The molecule has 0 atom stereocenters. The third kappa shape index (κ3) is 3.92. The number of hydrogen-bond donors (Lipinski definition) is 2. The van der Waals surface area contributed by atoms with Gasteiger partial charge in [-0.25, -0.2) is 0 Å². The van der Waals surface area contributed by atoms with Crippen LogP contribution < -0.4 is 10.6 Å². The predicted octanol–water partition coefficient (Wildman–Crippen LogP) is 2.65. The lowest BCUT2D eigenvalue weighted by Gasteiger charge is -2.09. The minimum Gasteiger partial charge on any atom is -0.356 e. The summed E-state index contributed by atoms with van der Waals surface area (Å²) < 4.78 is 36.4. The summed E-state index contributed by atoms with van der Waals surface area (Å²) >= 11 is 1.31. The second kappa shape index (κ2) is 5.87. The standard InChI is InChI=1S/C11H9F3N4OS/c12-11(13,14)9(19)17-8-3-1-2-7(4-8)5-15-10-18-16-6-20-10/h1-4,6H,5H2,(H,15,18)(H,17,19). The number of rotatable bonds is 4. The molecule has 1 aromatic carbocycles. The molecule has 2 rings (SSSR count). The minimum atomic E-state index is -4.90. The highest BCUT2D eigenvalue weighted by Gasteiger charge is 2.38. The number of hydrogen-bond acceptors (Lipinski definition) is 5. The fraction of sp³-hybridized carbons (Fsp3) is 0.182. The van der Waals surface area contributed by atoms with Crippen molar-refractivity contribution in [2.45, 2.75) is 12.7 Å². The Bertz CT molecular complexity index is 586. The highest BCUT2D eigenvalue weighted by molar-refractivity contribution is 7.13. The summed E-state index contributed by atoms with van der Waals surface area (Å²) in [4.78, 5) is 10.8. The number of alkyl halides is 3. The summed E-state index contributed by atoms with van der Waals surface area (Å²) in [6.07, 6.45) is -4.90. The van der Waals surface area contributed by atoms with Crippen LogP contribution in [-0.2, 0) is 11.3 Å². The molecule has 0 bridgehead atoms. The minimum absolute atomic E-state index is 0.0869. The molecule has 0 radical (unpaired) electrons. The zero-order valence-electron chi connectivity index (χ0n) is 9.94. The van der Waals surface area contributed by atoms with Crippen LogP contribution in [0.1, 0.15) is 5.56 Å². The van der Waals surface area contributed by atoms with E-state index in [0.29, 0.717) is 17.2 Å². The van der Waals surface area contributed by atoms with Crippen LogP contribution in [0.25, 0.3) is 0 Å². The van der Waals surface area contributed by atoms with E-state index in [0.717, 1.165) is 0 Å². The Balaban J connectivity index is 1.99. The molecule has 0 aliphatic rings. The summed E-state index contributed by atoms with van der Waals surface area (Å²) in [5.74, 6) is -1.99. The Kier molecular flexibility index (Phi) is 4.18. The normalized spacial score (nSPS) is 11.2. The van der Waals surface area contributed by atoms with Crippen molar-refractivity contribution in [1.29, 1.82) is 0 Å². The van der Waals surface area contributed by atoms with Gasteiger partial charge in [-0.05, 0) is 17.7 Å². The molecular weight excluding hydrogens is 293 g/mol. The second-order valence-electron chi connectivity index (χ2n) is 3.75. The molecule has 1 amide bonds. The van der Waals surface area contributed by atoms with Gasteiger partial charge < -0.3 is 10.6 Å². The van der Waals surface area contributed by atoms with E-state index in [1.165, 1.54) is 23.5 Å². The van der Waals surface area contributed by atoms with E-state index < -0.39 is 12.1 Å². The number of nitrogens with one attached hydrogen (secondary N) is 2. The van der Waals surface area contributed by atoms with E-state index >= 15 is 0 Å². The number of carbonyl (C=O) groups is 1. The van der Waals surface area contributed by atoms with Crippen LogP contribution in [-0.4, -0.2) is 22.3 Å². The molecule has 5 nitrogen and oxygen atoms in total. The fourth-order valence-corrected chi connectivity index (χ4v) is 1.83.